The van der Waals surface area contributed by atoms with E-state index in [2.05, 4.69) is 4.98 Å². The lowest BCUT2D eigenvalue weighted by atomic mass is 10.2. The molecule has 0 bridgehead atoms. The number of carbonyl (C=O) groups excluding carboxylic acids is 1. The lowest BCUT2D eigenvalue weighted by molar-refractivity contribution is -0.130. The maximum atomic E-state index is 12.4. The van der Waals surface area contributed by atoms with E-state index >= 15 is 0 Å². The molecule has 8 nitrogen and oxygen atoms in total. The van der Waals surface area contributed by atoms with Crippen molar-refractivity contribution in [3.05, 3.63) is 40.9 Å². The van der Waals surface area contributed by atoms with E-state index in [0.717, 1.165) is 0 Å². The topological polar surface area (TPSA) is 115 Å². The second kappa shape index (κ2) is 7.55. The summed E-state index contributed by atoms with van der Waals surface area (Å²) in [7, 11) is -3.52. The summed E-state index contributed by atoms with van der Waals surface area (Å²) in [6, 6.07) is 7.15. The molecule has 9 heteroatoms. The van der Waals surface area contributed by atoms with Gasteiger partial charge in [0, 0.05) is 26.1 Å². The van der Waals surface area contributed by atoms with Crippen LogP contribution in [0.25, 0.3) is 10.9 Å². The molecule has 1 aliphatic heterocycles. The molecule has 1 aromatic carbocycles. The minimum atomic E-state index is -3.52. The molecular weight excluding hydrogens is 356 g/mol. The molecule has 1 saturated heterocycles. The fourth-order valence-corrected chi connectivity index (χ4v) is 4.28. The van der Waals surface area contributed by atoms with Gasteiger partial charge >= 0.3 is 0 Å². The van der Waals surface area contributed by atoms with Crippen LogP contribution >= 0.6 is 0 Å². The molecule has 1 aromatic heterocycles. The van der Waals surface area contributed by atoms with Gasteiger partial charge in [0.1, 0.15) is 0 Å². The third kappa shape index (κ3) is 4.47. The van der Waals surface area contributed by atoms with E-state index in [1.54, 1.807) is 23.1 Å². The van der Waals surface area contributed by atoms with Gasteiger partial charge in [0.25, 0.3) is 5.56 Å². The molecule has 0 spiro atoms. The average Bonchev–Trinajstić information content (AvgIpc) is 3.03. The van der Waals surface area contributed by atoms with Crippen LogP contribution in [0.15, 0.2) is 35.4 Å². The first-order valence-corrected chi connectivity index (χ1v) is 10.3. The Morgan fingerprint density at radius 3 is 2.85 bits per heavy atom. The molecule has 1 atom stereocenters. The smallest absolute Gasteiger partial charge is 0.261 e. The second-order valence-corrected chi connectivity index (χ2v) is 8.35. The normalized spacial score (nSPS) is 17.7. The molecule has 0 radical (unpaired) electrons. The standard InChI is InChI=1S/C17H22N4O4S/c18-26(24,25)11-13-7-9-20(10-13)16(22)6-3-8-21-12-19-15-5-2-1-4-14(15)17(21)23/h1-2,4-5,12-13H,3,6-11H2,(H2,18,24,25)/t13-/m1/s1. The van der Waals surface area contributed by atoms with Gasteiger partial charge in [-0.3, -0.25) is 14.2 Å². The summed E-state index contributed by atoms with van der Waals surface area (Å²) in [6.07, 6.45) is 2.99. The Balaban J connectivity index is 1.53. The van der Waals surface area contributed by atoms with E-state index in [9.17, 15) is 18.0 Å². The highest BCUT2D eigenvalue weighted by Gasteiger charge is 2.28. The van der Waals surface area contributed by atoms with E-state index in [1.165, 1.54) is 10.9 Å². The van der Waals surface area contributed by atoms with Gasteiger partial charge in [0.2, 0.25) is 15.9 Å². The molecular formula is C17H22N4O4S. The number of hydrogen-bond donors (Lipinski definition) is 1. The predicted octanol–water partition coefficient (Wildman–Crippen LogP) is 0.314. The van der Waals surface area contributed by atoms with Crippen molar-refractivity contribution in [1.82, 2.24) is 14.5 Å². The molecule has 140 valence electrons. The molecule has 26 heavy (non-hydrogen) atoms. The van der Waals surface area contributed by atoms with Crippen molar-refractivity contribution in [2.75, 3.05) is 18.8 Å². The first kappa shape index (κ1) is 18.5. The largest absolute Gasteiger partial charge is 0.342 e. The highest BCUT2D eigenvalue weighted by atomic mass is 32.2. The number of nitrogens with zero attached hydrogens (tertiary/aromatic N) is 3. The Morgan fingerprint density at radius 2 is 2.08 bits per heavy atom. The zero-order valence-corrected chi connectivity index (χ0v) is 15.2. The van der Waals surface area contributed by atoms with Crippen LogP contribution in [0.1, 0.15) is 19.3 Å². The summed E-state index contributed by atoms with van der Waals surface area (Å²) >= 11 is 0. The van der Waals surface area contributed by atoms with Crippen molar-refractivity contribution in [3.8, 4) is 0 Å². The molecule has 0 unspecified atom stereocenters. The van der Waals surface area contributed by atoms with Crippen LogP contribution in [0.5, 0.6) is 0 Å². The molecule has 1 amide bonds. The number of fused-ring (bicyclic) bond motifs is 1. The third-order valence-corrected chi connectivity index (χ3v) is 5.56. The van der Waals surface area contributed by atoms with Crippen molar-refractivity contribution < 1.29 is 13.2 Å². The van der Waals surface area contributed by atoms with Gasteiger partial charge in [-0.15, -0.1) is 0 Å². The average molecular weight is 378 g/mol. The molecule has 0 saturated carbocycles. The molecule has 0 aliphatic carbocycles. The van der Waals surface area contributed by atoms with Crippen LogP contribution in [0.3, 0.4) is 0 Å². The van der Waals surface area contributed by atoms with Crippen LogP contribution in [0.2, 0.25) is 0 Å². The van der Waals surface area contributed by atoms with Crippen LogP contribution in [0.4, 0.5) is 0 Å². The lowest BCUT2D eigenvalue weighted by Crippen LogP contribution is -2.31. The molecule has 2 N–H and O–H groups in total. The number of hydrogen-bond acceptors (Lipinski definition) is 5. The molecule has 1 aliphatic rings. The van der Waals surface area contributed by atoms with Gasteiger partial charge in [0.15, 0.2) is 0 Å². The van der Waals surface area contributed by atoms with Crippen LogP contribution in [-0.2, 0) is 21.4 Å². The van der Waals surface area contributed by atoms with Crippen LogP contribution < -0.4 is 10.7 Å². The SMILES string of the molecule is NS(=O)(=O)C[C@@H]1CCN(C(=O)CCCn2cnc3ccccc3c2=O)C1. The number of carbonyl (C=O) groups is 1. The van der Waals surface area contributed by atoms with Gasteiger partial charge in [-0.1, -0.05) is 12.1 Å². The number of primary sulfonamides is 1. The maximum absolute atomic E-state index is 12.4. The van der Waals surface area contributed by atoms with Crippen molar-refractivity contribution in [1.29, 1.82) is 0 Å². The summed E-state index contributed by atoms with van der Waals surface area (Å²) < 4.78 is 23.8. The summed E-state index contributed by atoms with van der Waals surface area (Å²) in [5.41, 5.74) is 0.542. The van der Waals surface area contributed by atoms with E-state index in [-0.39, 0.29) is 23.1 Å². The quantitative estimate of drug-likeness (QED) is 0.777. The second-order valence-electron chi connectivity index (χ2n) is 6.69. The minimum Gasteiger partial charge on any atom is -0.342 e. The van der Waals surface area contributed by atoms with E-state index < -0.39 is 10.0 Å². The molecule has 2 heterocycles. The van der Waals surface area contributed by atoms with Gasteiger partial charge in [-0.05, 0) is 30.9 Å². The highest BCUT2D eigenvalue weighted by Crippen LogP contribution is 2.18. The number of benzene rings is 1. The summed E-state index contributed by atoms with van der Waals surface area (Å²) in [4.78, 5) is 30.6. The number of rotatable bonds is 6. The predicted molar refractivity (Wildman–Crippen MR) is 97.9 cm³/mol. The van der Waals surface area contributed by atoms with Crippen LogP contribution in [0, 0.1) is 5.92 Å². The molecule has 1 fully saturated rings. The van der Waals surface area contributed by atoms with Gasteiger partial charge in [0.05, 0.1) is 23.0 Å². The fraction of sp³-hybridized carbons (Fsp3) is 0.471. The highest BCUT2D eigenvalue weighted by molar-refractivity contribution is 7.89. The van der Waals surface area contributed by atoms with Crippen LogP contribution in [-0.4, -0.2) is 47.6 Å². The first-order chi connectivity index (χ1) is 12.3. The molecule has 2 aromatic rings. The summed E-state index contributed by atoms with van der Waals surface area (Å²) in [6.45, 7) is 1.39. The Labute approximate surface area is 151 Å². The summed E-state index contributed by atoms with van der Waals surface area (Å²) in [5.74, 6) is -0.209. The number of para-hydroxylation sites is 1. The Morgan fingerprint density at radius 1 is 1.31 bits per heavy atom. The number of nitrogens with two attached hydrogens (primary N) is 1. The van der Waals surface area contributed by atoms with Crippen molar-refractivity contribution in [2.45, 2.75) is 25.8 Å². The van der Waals surface area contributed by atoms with Gasteiger partial charge in [-0.25, -0.2) is 18.5 Å². The number of aryl methyl sites for hydroxylation is 1. The number of likely N-dealkylation sites (tertiary alicyclic amines) is 1. The van der Waals surface area contributed by atoms with Crippen molar-refractivity contribution in [2.24, 2.45) is 11.1 Å². The fourth-order valence-electron chi connectivity index (χ4n) is 3.35. The number of sulfonamides is 1. The van der Waals surface area contributed by atoms with E-state index in [0.29, 0.717) is 49.8 Å². The van der Waals surface area contributed by atoms with Gasteiger partial charge < -0.3 is 4.90 Å². The first-order valence-electron chi connectivity index (χ1n) is 8.56. The maximum Gasteiger partial charge on any atom is 0.261 e. The Bertz CT molecular complexity index is 970. The number of amides is 1. The molecule has 3 rings (SSSR count). The lowest BCUT2D eigenvalue weighted by Gasteiger charge is -2.16. The third-order valence-electron chi connectivity index (χ3n) is 4.63. The summed E-state index contributed by atoms with van der Waals surface area (Å²) in [5, 5.41) is 5.63. The van der Waals surface area contributed by atoms with Crippen molar-refractivity contribution in [3.63, 3.8) is 0 Å². The zero-order valence-electron chi connectivity index (χ0n) is 14.4. The van der Waals surface area contributed by atoms with E-state index in [4.69, 9.17) is 5.14 Å². The zero-order chi connectivity index (χ0) is 18.7. The number of aromatic nitrogens is 2. The van der Waals surface area contributed by atoms with Gasteiger partial charge in [-0.2, -0.15) is 0 Å². The Hall–Kier alpha value is -2.26. The monoisotopic (exact) mass is 378 g/mol. The van der Waals surface area contributed by atoms with Crippen molar-refractivity contribution >= 4 is 26.8 Å². The van der Waals surface area contributed by atoms with E-state index in [1.807, 2.05) is 6.07 Å². The Kier molecular flexibility index (Phi) is 5.38. The minimum absolute atomic E-state index is 0.0243.